The van der Waals surface area contributed by atoms with Crippen LogP contribution in [0.2, 0.25) is 0 Å². The summed E-state index contributed by atoms with van der Waals surface area (Å²) in [5.41, 5.74) is 1.91. The average molecular weight is 286 g/mol. The van der Waals surface area contributed by atoms with Gasteiger partial charge in [0.2, 0.25) is 0 Å². The molecule has 0 unspecified atom stereocenters. The van der Waals surface area contributed by atoms with Gasteiger partial charge in [0.1, 0.15) is 0 Å². The van der Waals surface area contributed by atoms with Crippen molar-refractivity contribution >= 4 is 16.8 Å². The number of aromatic amines is 1. The van der Waals surface area contributed by atoms with Crippen LogP contribution in [0, 0.1) is 5.41 Å². The van der Waals surface area contributed by atoms with E-state index in [2.05, 4.69) is 11.9 Å². The van der Waals surface area contributed by atoms with Crippen LogP contribution < -0.4 is 0 Å². The Hall–Kier alpha value is -1.81. The second kappa shape index (κ2) is 5.53. The molecule has 1 aliphatic rings. The van der Waals surface area contributed by atoms with Crippen LogP contribution in [0.25, 0.3) is 10.9 Å². The minimum atomic E-state index is 0.0826. The molecule has 0 radical (unpaired) electrons. The quantitative estimate of drug-likeness (QED) is 0.942. The lowest BCUT2D eigenvalue weighted by Crippen LogP contribution is -2.40. The molecule has 0 bridgehead atoms. The summed E-state index contributed by atoms with van der Waals surface area (Å²) in [6.45, 7) is 4.62. The summed E-state index contributed by atoms with van der Waals surface area (Å²) >= 11 is 0. The van der Waals surface area contributed by atoms with Crippen LogP contribution in [0.15, 0.2) is 30.5 Å². The number of carbonyl (C=O) groups is 1. The molecule has 0 spiro atoms. The molecule has 21 heavy (non-hydrogen) atoms. The standard InChI is InChI=1S/C17H22N2O2/c1-17(6-9-21-10-7-17)12-19(2)16(20)14-4-3-13-5-8-18-15(13)11-14/h3-5,8,11,18H,6-7,9-10,12H2,1-2H3. The van der Waals surface area contributed by atoms with Gasteiger partial charge in [0.25, 0.3) is 5.91 Å². The number of aromatic nitrogens is 1. The Morgan fingerprint density at radius 3 is 2.86 bits per heavy atom. The van der Waals surface area contributed by atoms with Crippen LogP contribution in [-0.2, 0) is 4.74 Å². The van der Waals surface area contributed by atoms with Crippen LogP contribution in [-0.4, -0.2) is 42.6 Å². The number of hydrogen-bond donors (Lipinski definition) is 1. The highest BCUT2D eigenvalue weighted by atomic mass is 16.5. The summed E-state index contributed by atoms with van der Waals surface area (Å²) < 4.78 is 5.42. The number of H-pyrrole nitrogens is 1. The molecule has 3 rings (SSSR count). The van der Waals surface area contributed by atoms with Gasteiger partial charge in [-0.2, -0.15) is 0 Å². The van der Waals surface area contributed by atoms with E-state index in [1.165, 1.54) is 0 Å². The highest BCUT2D eigenvalue weighted by molar-refractivity contribution is 5.97. The van der Waals surface area contributed by atoms with Crippen molar-refractivity contribution in [2.45, 2.75) is 19.8 Å². The van der Waals surface area contributed by atoms with Gasteiger partial charge in [-0.1, -0.05) is 13.0 Å². The normalized spacial score (nSPS) is 17.8. The molecule has 4 nitrogen and oxygen atoms in total. The predicted molar refractivity (Wildman–Crippen MR) is 83.4 cm³/mol. The van der Waals surface area contributed by atoms with Gasteiger partial charge in [0.15, 0.2) is 0 Å². The van der Waals surface area contributed by atoms with Crippen LogP contribution >= 0.6 is 0 Å². The van der Waals surface area contributed by atoms with Crippen LogP contribution in [0.5, 0.6) is 0 Å². The SMILES string of the molecule is CN(CC1(C)CCOCC1)C(=O)c1ccc2cc[nH]c2c1. The number of nitrogens with one attached hydrogen (secondary N) is 1. The van der Waals surface area contributed by atoms with E-state index in [-0.39, 0.29) is 11.3 Å². The van der Waals surface area contributed by atoms with Crippen molar-refractivity contribution in [3.8, 4) is 0 Å². The number of rotatable bonds is 3. The number of amides is 1. The molecule has 112 valence electrons. The monoisotopic (exact) mass is 286 g/mol. The van der Waals surface area contributed by atoms with E-state index >= 15 is 0 Å². The summed E-state index contributed by atoms with van der Waals surface area (Å²) in [5.74, 6) is 0.0826. The van der Waals surface area contributed by atoms with Gasteiger partial charge >= 0.3 is 0 Å². The van der Waals surface area contributed by atoms with E-state index in [4.69, 9.17) is 4.74 Å². The molecule has 0 aliphatic carbocycles. The number of fused-ring (bicyclic) bond motifs is 1. The summed E-state index contributed by atoms with van der Waals surface area (Å²) in [6.07, 6.45) is 3.92. The number of benzene rings is 1. The zero-order valence-corrected chi connectivity index (χ0v) is 12.7. The molecule has 0 saturated carbocycles. The number of nitrogens with zero attached hydrogens (tertiary/aromatic N) is 1. The summed E-state index contributed by atoms with van der Waals surface area (Å²) in [6, 6.07) is 7.83. The summed E-state index contributed by atoms with van der Waals surface area (Å²) in [4.78, 5) is 17.6. The Bertz CT molecular complexity index is 641. The highest BCUT2D eigenvalue weighted by Crippen LogP contribution is 2.30. The Labute approximate surface area is 125 Å². The molecule has 1 aromatic carbocycles. The molecule has 1 aromatic heterocycles. The van der Waals surface area contributed by atoms with E-state index < -0.39 is 0 Å². The van der Waals surface area contributed by atoms with Crippen molar-refractivity contribution < 1.29 is 9.53 Å². The second-order valence-corrected chi connectivity index (χ2v) is 6.36. The van der Waals surface area contributed by atoms with Gasteiger partial charge in [-0.15, -0.1) is 0 Å². The molecule has 1 saturated heterocycles. The van der Waals surface area contributed by atoms with E-state index in [0.29, 0.717) is 0 Å². The maximum absolute atomic E-state index is 12.6. The van der Waals surface area contributed by atoms with Crippen LogP contribution in [0.1, 0.15) is 30.1 Å². The first-order valence-electron chi connectivity index (χ1n) is 7.48. The van der Waals surface area contributed by atoms with Crippen molar-refractivity contribution in [3.63, 3.8) is 0 Å². The van der Waals surface area contributed by atoms with Crippen molar-refractivity contribution in [1.82, 2.24) is 9.88 Å². The van der Waals surface area contributed by atoms with E-state index in [9.17, 15) is 4.79 Å². The lowest BCUT2D eigenvalue weighted by molar-refractivity contribution is 0.00917. The number of ether oxygens (including phenoxy) is 1. The largest absolute Gasteiger partial charge is 0.381 e. The zero-order chi connectivity index (χ0) is 14.9. The molecule has 1 N–H and O–H groups in total. The Morgan fingerprint density at radius 2 is 2.10 bits per heavy atom. The zero-order valence-electron chi connectivity index (χ0n) is 12.7. The Balaban J connectivity index is 1.74. The highest BCUT2D eigenvalue weighted by Gasteiger charge is 2.30. The third-order valence-corrected chi connectivity index (χ3v) is 4.47. The van der Waals surface area contributed by atoms with Crippen molar-refractivity contribution in [3.05, 3.63) is 36.0 Å². The van der Waals surface area contributed by atoms with Gasteiger partial charge in [-0.05, 0) is 41.8 Å². The minimum absolute atomic E-state index is 0.0826. The van der Waals surface area contributed by atoms with E-state index in [1.807, 2.05) is 42.4 Å². The fourth-order valence-electron chi connectivity index (χ4n) is 3.07. The number of carbonyl (C=O) groups excluding carboxylic acids is 1. The van der Waals surface area contributed by atoms with E-state index in [0.717, 1.165) is 49.1 Å². The lowest BCUT2D eigenvalue weighted by Gasteiger charge is -2.36. The molecule has 1 aliphatic heterocycles. The fourth-order valence-corrected chi connectivity index (χ4v) is 3.07. The third-order valence-electron chi connectivity index (χ3n) is 4.47. The lowest BCUT2D eigenvalue weighted by atomic mass is 9.82. The van der Waals surface area contributed by atoms with E-state index in [1.54, 1.807) is 0 Å². The second-order valence-electron chi connectivity index (χ2n) is 6.36. The predicted octanol–water partition coefficient (Wildman–Crippen LogP) is 3.06. The molecule has 1 fully saturated rings. The molecule has 1 amide bonds. The molecule has 0 atom stereocenters. The first kappa shape index (κ1) is 14.1. The third kappa shape index (κ3) is 2.95. The minimum Gasteiger partial charge on any atom is -0.381 e. The smallest absolute Gasteiger partial charge is 0.253 e. The maximum atomic E-state index is 12.6. The van der Waals surface area contributed by atoms with Crippen LogP contribution in [0.3, 0.4) is 0 Å². The average Bonchev–Trinajstić information content (AvgIpc) is 2.94. The Kier molecular flexibility index (Phi) is 3.72. The topological polar surface area (TPSA) is 45.3 Å². The molecular formula is C17H22N2O2. The Morgan fingerprint density at radius 1 is 1.33 bits per heavy atom. The van der Waals surface area contributed by atoms with Crippen molar-refractivity contribution in [1.29, 1.82) is 0 Å². The fraction of sp³-hybridized carbons (Fsp3) is 0.471. The van der Waals surface area contributed by atoms with Crippen molar-refractivity contribution in [2.24, 2.45) is 5.41 Å². The van der Waals surface area contributed by atoms with Gasteiger partial charge in [0.05, 0.1) is 0 Å². The molecule has 4 heteroatoms. The molecule has 2 aromatic rings. The molecular weight excluding hydrogens is 264 g/mol. The summed E-state index contributed by atoms with van der Waals surface area (Å²) in [7, 11) is 1.89. The van der Waals surface area contributed by atoms with Gasteiger partial charge < -0.3 is 14.6 Å². The summed E-state index contributed by atoms with van der Waals surface area (Å²) in [5, 5.41) is 1.13. The van der Waals surface area contributed by atoms with Gasteiger partial charge in [-0.3, -0.25) is 4.79 Å². The van der Waals surface area contributed by atoms with Crippen molar-refractivity contribution in [2.75, 3.05) is 26.8 Å². The van der Waals surface area contributed by atoms with Crippen LogP contribution in [0.4, 0.5) is 0 Å². The van der Waals surface area contributed by atoms with Gasteiger partial charge in [0, 0.05) is 44.1 Å². The first-order chi connectivity index (χ1) is 10.1. The number of hydrogen-bond acceptors (Lipinski definition) is 2. The first-order valence-corrected chi connectivity index (χ1v) is 7.48. The van der Waals surface area contributed by atoms with Gasteiger partial charge in [-0.25, -0.2) is 0 Å². The maximum Gasteiger partial charge on any atom is 0.253 e. The molecule has 2 heterocycles.